The molecular formula is C18H7BF10. The highest BCUT2D eigenvalue weighted by Crippen LogP contribution is 2.32. The van der Waals surface area contributed by atoms with Gasteiger partial charge < -0.3 is 0 Å². The molecule has 0 nitrogen and oxygen atoms in total. The summed E-state index contributed by atoms with van der Waals surface area (Å²) in [5.41, 5.74) is -7.23. The van der Waals surface area contributed by atoms with Crippen LogP contribution in [0.4, 0.5) is 43.9 Å². The molecule has 0 aliphatic heterocycles. The molecule has 0 bridgehead atoms. The molecule has 11 heteroatoms. The topological polar surface area (TPSA) is 0 Å². The Kier molecular flexibility index (Phi) is 5.27. The highest BCUT2D eigenvalue weighted by atomic mass is 19.2. The molecule has 0 fully saturated rings. The van der Waals surface area contributed by atoms with E-state index in [1.807, 2.05) is 0 Å². The summed E-state index contributed by atoms with van der Waals surface area (Å²) in [7, 11) is 0. The maximum absolute atomic E-state index is 15.6. The molecule has 29 heavy (non-hydrogen) atoms. The predicted molar refractivity (Wildman–Crippen MR) is 84.4 cm³/mol. The molecule has 0 saturated heterocycles. The second kappa shape index (κ2) is 7.27. The molecule has 1 aliphatic rings. The van der Waals surface area contributed by atoms with E-state index in [2.05, 4.69) is 0 Å². The third-order valence-corrected chi connectivity index (χ3v) is 4.44. The molecule has 3 rings (SSSR count). The van der Waals surface area contributed by atoms with Crippen LogP contribution >= 0.6 is 0 Å². The summed E-state index contributed by atoms with van der Waals surface area (Å²) in [4.78, 5) is 0. The van der Waals surface area contributed by atoms with Gasteiger partial charge in [0.1, 0.15) is 11.4 Å². The first-order valence-corrected chi connectivity index (χ1v) is 7.86. The fourth-order valence-electron chi connectivity index (χ4n) is 3.20. The molecule has 0 spiro atoms. The number of benzene rings is 2. The summed E-state index contributed by atoms with van der Waals surface area (Å²) < 4.78 is 141. The molecule has 0 amide bonds. The third kappa shape index (κ3) is 3.42. The van der Waals surface area contributed by atoms with E-state index in [0.29, 0.717) is 18.2 Å². The lowest BCUT2D eigenvalue weighted by Crippen LogP contribution is -2.62. The molecule has 1 aliphatic carbocycles. The summed E-state index contributed by atoms with van der Waals surface area (Å²) in [5.74, 6) is -18.6. The fourth-order valence-corrected chi connectivity index (χ4v) is 3.20. The van der Waals surface area contributed by atoms with Gasteiger partial charge in [-0.25, -0.2) is 43.9 Å². The zero-order valence-corrected chi connectivity index (χ0v) is 14.0. The Labute approximate surface area is 157 Å². The van der Waals surface area contributed by atoms with E-state index in [4.69, 9.17) is 0 Å². The maximum Gasteiger partial charge on any atom is 0.273 e. The van der Waals surface area contributed by atoms with E-state index in [-0.39, 0.29) is 12.1 Å². The molecule has 0 radical (unpaired) electrons. The van der Waals surface area contributed by atoms with Crippen molar-refractivity contribution in [1.29, 1.82) is 0 Å². The monoisotopic (exact) mass is 424 g/mol. The minimum absolute atomic E-state index is 0.258. The Bertz CT molecular complexity index is 946. The Morgan fingerprint density at radius 2 is 1.03 bits per heavy atom. The normalized spacial score (nSPS) is 18.8. The third-order valence-electron chi connectivity index (χ3n) is 4.44. The highest BCUT2D eigenvalue weighted by Gasteiger charge is 2.51. The minimum atomic E-state index is -3.44. The van der Waals surface area contributed by atoms with Gasteiger partial charge in [-0.3, -0.25) is 0 Å². The van der Waals surface area contributed by atoms with Crippen LogP contribution in [0.25, 0.3) is 0 Å². The maximum atomic E-state index is 15.6. The van der Waals surface area contributed by atoms with Crippen molar-refractivity contribution in [2.24, 2.45) is 0 Å². The molecule has 2 aromatic rings. The van der Waals surface area contributed by atoms with Gasteiger partial charge in [0.15, 0.2) is 46.5 Å². The van der Waals surface area contributed by atoms with E-state index in [1.165, 1.54) is 0 Å². The molecule has 152 valence electrons. The average Bonchev–Trinajstić information content (AvgIpc) is 2.63. The second-order valence-corrected chi connectivity index (χ2v) is 6.27. The van der Waals surface area contributed by atoms with Gasteiger partial charge in [0, 0.05) is 29.5 Å². The van der Waals surface area contributed by atoms with Crippen LogP contribution in [0.5, 0.6) is 0 Å². The standard InChI is InChI=1S/C18H7BF10/c20-7-2-1-3-18(29,6-7)19(12-14(25)8(21)4-9(22)15(12)26)13-16(27)10(23)5-11(24)17(13)28/h1-5H,6H2. The lowest BCUT2D eigenvalue weighted by atomic mass is 9.30. The summed E-state index contributed by atoms with van der Waals surface area (Å²) in [5, 5.41) is 0. The minimum Gasteiger partial charge on any atom is -0.247 e. The first kappa shape index (κ1) is 21.0. The van der Waals surface area contributed by atoms with Crippen molar-refractivity contribution in [3.8, 4) is 0 Å². The summed E-state index contributed by atoms with van der Waals surface area (Å²) in [6.07, 6.45) is 0.391. The van der Waals surface area contributed by atoms with E-state index in [9.17, 15) is 39.5 Å². The van der Waals surface area contributed by atoms with E-state index >= 15 is 4.39 Å². The largest absolute Gasteiger partial charge is 0.273 e. The summed E-state index contributed by atoms with van der Waals surface area (Å²) >= 11 is 0. The SMILES string of the molecule is FC1=CC=CC(F)(B(c2c(F)c(F)cc(F)c2F)c2c(F)c(F)cc(F)c2F)C1. The van der Waals surface area contributed by atoms with Crippen LogP contribution in [-0.4, -0.2) is 12.3 Å². The van der Waals surface area contributed by atoms with Crippen LogP contribution < -0.4 is 10.9 Å². The molecule has 0 N–H and O–H groups in total. The van der Waals surface area contributed by atoms with Crippen LogP contribution in [0.3, 0.4) is 0 Å². The van der Waals surface area contributed by atoms with Crippen molar-refractivity contribution < 1.29 is 43.9 Å². The number of hydrogen-bond acceptors (Lipinski definition) is 0. The Balaban J connectivity index is 2.45. The Hall–Kier alpha value is -2.72. The van der Waals surface area contributed by atoms with Gasteiger partial charge in [-0.05, 0) is 6.08 Å². The molecule has 1 unspecified atom stereocenters. The summed E-state index contributed by atoms with van der Waals surface area (Å²) in [6, 6.07) is -0.515. The molecule has 0 heterocycles. The van der Waals surface area contributed by atoms with Crippen molar-refractivity contribution in [2.45, 2.75) is 12.0 Å². The lowest BCUT2D eigenvalue weighted by molar-refractivity contribution is 0.311. The van der Waals surface area contributed by atoms with Crippen LogP contribution in [-0.2, 0) is 0 Å². The van der Waals surface area contributed by atoms with E-state index in [0.717, 1.165) is 0 Å². The van der Waals surface area contributed by atoms with E-state index < -0.39 is 82.0 Å². The highest BCUT2D eigenvalue weighted by molar-refractivity contribution is 6.88. The van der Waals surface area contributed by atoms with Gasteiger partial charge in [-0.2, -0.15) is 0 Å². The quantitative estimate of drug-likeness (QED) is 0.388. The van der Waals surface area contributed by atoms with Crippen LogP contribution in [0.2, 0.25) is 0 Å². The molecule has 2 aromatic carbocycles. The molecule has 0 aromatic heterocycles. The number of halogens is 10. The van der Waals surface area contributed by atoms with Crippen LogP contribution in [0.15, 0.2) is 36.2 Å². The Morgan fingerprint density at radius 1 is 0.655 bits per heavy atom. The van der Waals surface area contributed by atoms with Crippen LogP contribution in [0.1, 0.15) is 6.42 Å². The number of hydrogen-bond donors (Lipinski definition) is 0. The Morgan fingerprint density at radius 3 is 1.38 bits per heavy atom. The zero-order chi connectivity index (χ0) is 21.7. The first-order chi connectivity index (χ1) is 13.5. The van der Waals surface area contributed by atoms with Gasteiger partial charge in [-0.15, -0.1) is 0 Å². The first-order valence-electron chi connectivity index (χ1n) is 7.86. The van der Waals surface area contributed by atoms with Crippen molar-refractivity contribution in [1.82, 2.24) is 0 Å². The fraction of sp³-hybridized carbons (Fsp3) is 0.111. The van der Waals surface area contributed by atoms with Gasteiger partial charge in [0.05, 0.1) is 0 Å². The van der Waals surface area contributed by atoms with Crippen LogP contribution in [0, 0.1) is 46.5 Å². The van der Waals surface area contributed by atoms with Crippen molar-refractivity contribution in [3.05, 3.63) is 82.7 Å². The van der Waals surface area contributed by atoms with Gasteiger partial charge in [0.25, 0.3) is 6.71 Å². The van der Waals surface area contributed by atoms with Gasteiger partial charge >= 0.3 is 0 Å². The number of alkyl halides is 1. The lowest BCUT2D eigenvalue weighted by Gasteiger charge is -2.31. The zero-order valence-electron chi connectivity index (χ0n) is 14.0. The number of rotatable bonds is 3. The molecule has 1 atom stereocenters. The van der Waals surface area contributed by atoms with Crippen molar-refractivity contribution >= 4 is 17.6 Å². The van der Waals surface area contributed by atoms with E-state index in [1.54, 1.807) is 0 Å². The summed E-state index contributed by atoms with van der Waals surface area (Å²) in [6.45, 7) is -3.02. The molecule has 0 saturated carbocycles. The second-order valence-electron chi connectivity index (χ2n) is 6.27. The molecular weight excluding hydrogens is 417 g/mol. The van der Waals surface area contributed by atoms with Crippen molar-refractivity contribution in [3.63, 3.8) is 0 Å². The average molecular weight is 424 g/mol. The predicted octanol–water partition coefficient (Wildman–Crippen LogP) is 4.47. The number of allylic oxidation sites excluding steroid dienone is 4. The van der Waals surface area contributed by atoms with Gasteiger partial charge in [-0.1, -0.05) is 12.2 Å². The van der Waals surface area contributed by atoms with Crippen molar-refractivity contribution in [2.75, 3.05) is 0 Å². The van der Waals surface area contributed by atoms with Gasteiger partial charge in [0.2, 0.25) is 0 Å². The smallest absolute Gasteiger partial charge is 0.247 e.